The molecular weight excluding hydrogens is 320 g/mol. The fourth-order valence-corrected chi connectivity index (χ4v) is 2.85. The number of piperazine rings is 1. The summed E-state index contributed by atoms with van der Waals surface area (Å²) < 4.78 is 4.84. The van der Waals surface area contributed by atoms with Crippen LogP contribution >= 0.6 is 0 Å². The molecule has 7 nitrogen and oxygen atoms in total. The zero-order chi connectivity index (χ0) is 18.1. The lowest BCUT2D eigenvalue weighted by atomic mass is 10.1. The summed E-state index contributed by atoms with van der Waals surface area (Å²) in [5.74, 6) is -0.276. The minimum absolute atomic E-state index is 0.246. The Bertz CT molecular complexity index is 571. The summed E-state index contributed by atoms with van der Waals surface area (Å²) in [4.78, 5) is 27.9. The first kappa shape index (κ1) is 19.4. The van der Waals surface area contributed by atoms with E-state index in [2.05, 4.69) is 51.6 Å². The largest absolute Gasteiger partial charge is 0.383 e. The van der Waals surface area contributed by atoms with Crippen molar-refractivity contribution in [2.45, 2.75) is 13.5 Å². The molecule has 0 unspecified atom stereocenters. The number of carbonyl (C=O) groups is 2. The van der Waals surface area contributed by atoms with Gasteiger partial charge in [0.05, 0.1) is 13.2 Å². The predicted octanol–water partition coefficient (Wildman–Crippen LogP) is 0.585. The molecule has 1 fully saturated rings. The van der Waals surface area contributed by atoms with Crippen LogP contribution < -0.4 is 10.6 Å². The molecule has 7 heteroatoms. The smallest absolute Gasteiger partial charge is 0.321 e. The lowest BCUT2D eigenvalue weighted by molar-refractivity contribution is -0.121. The van der Waals surface area contributed by atoms with E-state index >= 15 is 0 Å². The minimum atomic E-state index is -0.472. The second kappa shape index (κ2) is 10.1. The SMILES string of the molecule is COCCNC(=O)NC(=O)CN1CCN(Cc2cccc(C)c2)CC1. The number of methoxy groups -OCH3 is 1. The number of ether oxygens (including phenoxy) is 1. The van der Waals surface area contributed by atoms with Gasteiger partial charge in [-0.1, -0.05) is 29.8 Å². The van der Waals surface area contributed by atoms with E-state index in [1.807, 2.05) is 0 Å². The van der Waals surface area contributed by atoms with Gasteiger partial charge in [0.25, 0.3) is 0 Å². The number of benzene rings is 1. The molecule has 138 valence electrons. The van der Waals surface area contributed by atoms with Crippen molar-refractivity contribution < 1.29 is 14.3 Å². The van der Waals surface area contributed by atoms with Gasteiger partial charge in [0.1, 0.15) is 0 Å². The first-order chi connectivity index (χ1) is 12.1. The van der Waals surface area contributed by atoms with Gasteiger partial charge in [0, 0.05) is 46.4 Å². The first-order valence-electron chi connectivity index (χ1n) is 8.63. The third kappa shape index (κ3) is 7.21. The Morgan fingerprint density at radius 3 is 2.56 bits per heavy atom. The highest BCUT2D eigenvalue weighted by molar-refractivity contribution is 5.95. The maximum absolute atomic E-state index is 11.9. The molecule has 1 aliphatic rings. The summed E-state index contributed by atoms with van der Waals surface area (Å²) in [7, 11) is 1.56. The highest BCUT2D eigenvalue weighted by Crippen LogP contribution is 2.10. The molecule has 3 amide bonds. The van der Waals surface area contributed by atoms with Crippen LogP contribution in [0.1, 0.15) is 11.1 Å². The van der Waals surface area contributed by atoms with Crippen molar-refractivity contribution in [1.82, 2.24) is 20.4 Å². The molecule has 1 heterocycles. The number of aryl methyl sites for hydroxylation is 1. The second-order valence-corrected chi connectivity index (χ2v) is 6.34. The van der Waals surface area contributed by atoms with E-state index in [0.717, 1.165) is 32.7 Å². The van der Waals surface area contributed by atoms with Gasteiger partial charge in [-0.25, -0.2) is 4.79 Å². The quantitative estimate of drug-likeness (QED) is 0.706. The van der Waals surface area contributed by atoms with Gasteiger partial charge in [-0.15, -0.1) is 0 Å². The molecule has 2 N–H and O–H groups in total. The lowest BCUT2D eigenvalue weighted by Gasteiger charge is -2.34. The number of nitrogens with one attached hydrogen (secondary N) is 2. The lowest BCUT2D eigenvalue weighted by Crippen LogP contribution is -2.50. The van der Waals surface area contributed by atoms with Gasteiger partial charge in [0.2, 0.25) is 5.91 Å². The highest BCUT2D eigenvalue weighted by atomic mass is 16.5. The number of carbonyl (C=O) groups excluding carboxylic acids is 2. The summed E-state index contributed by atoms with van der Waals surface area (Å²) in [5.41, 5.74) is 2.59. The normalized spacial score (nSPS) is 15.8. The van der Waals surface area contributed by atoms with Gasteiger partial charge in [-0.05, 0) is 12.5 Å². The monoisotopic (exact) mass is 348 g/mol. The Labute approximate surface area is 149 Å². The minimum Gasteiger partial charge on any atom is -0.383 e. The van der Waals surface area contributed by atoms with Crippen molar-refractivity contribution in [3.8, 4) is 0 Å². The summed E-state index contributed by atoms with van der Waals surface area (Å²) in [6.07, 6.45) is 0. The van der Waals surface area contributed by atoms with Crippen molar-refractivity contribution in [1.29, 1.82) is 0 Å². The summed E-state index contributed by atoms with van der Waals surface area (Å²) >= 11 is 0. The molecule has 0 radical (unpaired) electrons. The van der Waals surface area contributed by atoms with Gasteiger partial charge >= 0.3 is 6.03 Å². The maximum atomic E-state index is 11.9. The Kier molecular flexibility index (Phi) is 7.84. The van der Waals surface area contributed by atoms with Crippen LogP contribution in [-0.2, 0) is 16.1 Å². The number of hydrogen-bond acceptors (Lipinski definition) is 5. The Hall–Kier alpha value is -1.96. The molecule has 0 aromatic heterocycles. The molecule has 0 atom stereocenters. The Morgan fingerprint density at radius 1 is 1.16 bits per heavy atom. The standard InChI is InChI=1S/C18H28N4O3/c1-15-4-3-5-16(12-15)13-21-7-9-22(10-8-21)14-17(23)20-18(24)19-6-11-25-2/h3-5,12H,6-11,13-14H2,1-2H3,(H2,19,20,23,24). The number of urea groups is 1. The average Bonchev–Trinajstić information content (AvgIpc) is 2.57. The third-order valence-corrected chi connectivity index (χ3v) is 4.17. The van der Waals surface area contributed by atoms with Crippen molar-refractivity contribution in [3.63, 3.8) is 0 Å². The van der Waals surface area contributed by atoms with Crippen molar-refractivity contribution in [3.05, 3.63) is 35.4 Å². The zero-order valence-corrected chi connectivity index (χ0v) is 15.1. The fourth-order valence-electron chi connectivity index (χ4n) is 2.85. The highest BCUT2D eigenvalue weighted by Gasteiger charge is 2.19. The van der Waals surface area contributed by atoms with Crippen molar-refractivity contribution >= 4 is 11.9 Å². The van der Waals surface area contributed by atoms with E-state index in [4.69, 9.17) is 4.74 Å². The topological polar surface area (TPSA) is 73.9 Å². The van der Waals surface area contributed by atoms with Gasteiger partial charge in [-0.2, -0.15) is 0 Å². The van der Waals surface area contributed by atoms with Crippen molar-refractivity contribution in [2.24, 2.45) is 0 Å². The van der Waals surface area contributed by atoms with E-state index in [0.29, 0.717) is 13.2 Å². The zero-order valence-electron chi connectivity index (χ0n) is 15.1. The first-order valence-corrected chi connectivity index (χ1v) is 8.63. The van der Waals surface area contributed by atoms with Crippen LogP contribution in [0.3, 0.4) is 0 Å². The summed E-state index contributed by atoms with van der Waals surface area (Å²) in [6, 6.07) is 8.07. The van der Waals surface area contributed by atoms with Crippen LogP contribution in [0, 0.1) is 6.92 Å². The Morgan fingerprint density at radius 2 is 1.88 bits per heavy atom. The third-order valence-electron chi connectivity index (χ3n) is 4.17. The van der Waals surface area contributed by atoms with Crippen LogP contribution in [0.15, 0.2) is 24.3 Å². The van der Waals surface area contributed by atoms with E-state index in [9.17, 15) is 9.59 Å². The molecule has 2 rings (SSSR count). The van der Waals surface area contributed by atoms with Crippen LogP contribution in [0.5, 0.6) is 0 Å². The maximum Gasteiger partial charge on any atom is 0.321 e. The van der Waals surface area contributed by atoms with Gasteiger partial charge in [0.15, 0.2) is 0 Å². The summed E-state index contributed by atoms with van der Waals surface area (Å²) in [5, 5.41) is 4.91. The van der Waals surface area contributed by atoms with Crippen LogP contribution in [0.25, 0.3) is 0 Å². The number of nitrogens with zero attached hydrogens (tertiary/aromatic N) is 2. The Balaban J connectivity index is 1.66. The van der Waals surface area contributed by atoms with Crippen molar-refractivity contribution in [2.75, 3.05) is 53.0 Å². The molecule has 0 bridgehead atoms. The molecule has 0 spiro atoms. The summed E-state index contributed by atoms with van der Waals surface area (Å²) in [6.45, 7) is 7.57. The van der Waals surface area contributed by atoms with Crippen LogP contribution in [-0.4, -0.2) is 74.7 Å². The van der Waals surface area contributed by atoms with Crippen LogP contribution in [0.2, 0.25) is 0 Å². The number of imide groups is 1. The molecule has 1 aromatic rings. The molecule has 0 aliphatic carbocycles. The second-order valence-electron chi connectivity index (χ2n) is 6.34. The number of hydrogen-bond donors (Lipinski definition) is 2. The number of amides is 3. The molecule has 0 saturated carbocycles. The van der Waals surface area contributed by atoms with E-state index < -0.39 is 6.03 Å². The average molecular weight is 348 g/mol. The van der Waals surface area contributed by atoms with E-state index in [-0.39, 0.29) is 12.5 Å². The number of rotatable bonds is 7. The molecular formula is C18H28N4O3. The van der Waals surface area contributed by atoms with Gasteiger partial charge in [-0.3, -0.25) is 19.9 Å². The predicted molar refractivity (Wildman–Crippen MR) is 96.3 cm³/mol. The molecule has 25 heavy (non-hydrogen) atoms. The van der Waals surface area contributed by atoms with E-state index in [1.54, 1.807) is 7.11 Å². The van der Waals surface area contributed by atoms with Crippen LogP contribution in [0.4, 0.5) is 4.79 Å². The fraction of sp³-hybridized carbons (Fsp3) is 0.556. The molecule has 1 saturated heterocycles. The molecule has 1 aliphatic heterocycles. The van der Waals surface area contributed by atoms with Gasteiger partial charge < -0.3 is 10.1 Å². The molecule has 1 aromatic carbocycles. The van der Waals surface area contributed by atoms with E-state index in [1.165, 1.54) is 11.1 Å².